The number of nitrogens with zero attached hydrogens (tertiary/aromatic N) is 2. The summed E-state index contributed by atoms with van der Waals surface area (Å²) in [5, 5.41) is 28.6. The molecule has 1 fully saturated rings. The minimum absolute atomic E-state index is 0.0345. The van der Waals surface area contributed by atoms with Gasteiger partial charge in [-0.1, -0.05) is 12.1 Å². The summed E-state index contributed by atoms with van der Waals surface area (Å²) in [5.74, 6) is -0.497. The van der Waals surface area contributed by atoms with E-state index in [1.807, 2.05) is 24.3 Å². The number of phenols is 1. The maximum absolute atomic E-state index is 13.9. The van der Waals surface area contributed by atoms with Gasteiger partial charge in [0.15, 0.2) is 5.78 Å². The number of aromatic hydroxyl groups is 1. The number of Topliss-reactive ketones (excluding diaryl/α,β-unsaturated/α-hetero) is 1. The molecule has 0 aromatic heterocycles. The van der Waals surface area contributed by atoms with Crippen LogP contribution in [0.2, 0.25) is 0 Å². The second-order valence-electron chi connectivity index (χ2n) is 12.2. The number of unbranched alkanes of at least 4 members (excludes halogenated alkanes) is 1. The highest BCUT2D eigenvalue weighted by molar-refractivity contribution is 5.96. The number of carboxylic acids is 1. The number of likely N-dealkylation sites (tertiary alicyclic amines) is 1. The molecule has 1 aliphatic heterocycles. The van der Waals surface area contributed by atoms with E-state index in [0.717, 1.165) is 31.7 Å². The monoisotopic (exact) mass is 732 g/mol. The number of hydrogen-bond donors (Lipinski definition) is 3. The highest BCUT2D eigenvalue weighted by Gasteiger charge is 2.38. The third kappa shape index (κ3) is 13.7. The van der Waals surface area contributed by atoms with Crippen LogP contribution < -0.4 is 14.2 Å². The van der Waals surface area contributed by atoms with Gasteiger partial charge in [-0.15, -0.1) is 0 Å². The van der Waals surface area contributed by atoms with E-state index in [0.29, 0.717) is 68.0 Å². The van der Waals surface area contributed by atoms with E-state index in [2.05, 4.69) is 4.90 Å². The second-order valence-corrected chi connectivity index (χ2v) is 12.2. The first-order chi connectivity index (χ1) is 24.8. The van der Waals surface area contributed by atoms with Gasteiger partial charge in [-0.3, -0.25) is 9.59 Å². The fourth-order valence-electron chi connectivity index (χ4n) is 5.69. The molecular weight excluding hydrogens is 685 g/mol. The Kier molecular flexibility index (Phi) is 16.7. The van der Waals surface area contributed by atoms with Crippen molar-refractivity contribution in [2.45, 2.75) is 63.3 Å². The van der Waals surface area contributed by atoms with Crippen LogP contribution in [0.4, 0.5) is 13.2 Å². The van der Waals surface area contributed by atoms with Crippen LogP contribution >= 0.6 is 0 Å². The van der Waals surface area contributed by atoms with Crippen LogP contribution in [0.3, 0.4) is 0 Å². The summed E-state index contributed by atoms with van der Waals surface area (Å²) >= 11 is 0. The van der Waals surface area contributed by atoms with Crippen LogP contribution in [0.1, 0.15) is 67.0 Å². The lowest BCUT2D eigenvalue weighted by molar-refractivity contribution is -0.192. The molecule has 0 spiro atoms. The van der Waals surface area contributed by atoms with Crippen molar-refractivity contribution in [1.29, 1.82) is 0 Å². The summed E-state index contributed by atoms with van der Waals surface area (Å²) in [6.45, 7) is 3.21. The first-order valence-corrected chi connectivity index (χ1v) is 17.1. The maximum Gasteiger partial charge on any atom is 0.490 e. The lowest BCUT2D eigenvalue weighted by Crippen LogP contribution is -2.50. The number of phenolic OH excluding ortho intramolecular Hbond substituents is 1. The smallest absolute Gasteiger partial charge is 0.490 e. The summed E-state index contributed by atoms with van der Waals surface area (Å²) in [6, 6.07) is 20.5. The molecule has 11 nitrogen and oxygen atoms in total. The number of carbonyl (C=O) groups excluding carboxylic acids is 2. The predicted molar refractivity (Wildman–Crippen MR) is 187 cm³/mol. The number of ether oxygens (including phenoxy) is 3. The van der Waals surface area contributed by atoms with Gasteiger partial charge < -0.3 is 39.3 Å². The van der Waals surface area contributed by atoms with Crippen molar-refractivity contribution >= 4 is 17.7 Å². The van der Waals surface area contributed by atoms with E-state index in [4.69, 9.17) is 24.1 Å². The van der Waals surface area contributed by atoms with Gasteiger partial charge in [0.05, 0.1) is 26.9 Å². The number of aliphatic hydroxyl groups excluding tert-OH is 1. The van der Waals surface area contributed by atoms with Crippen LogP contribution in [0.15, 0.2) is 72.8 Å². The number of halogens is 3. The Morgan fingerprint density at radius 2 is 1.33 bits per heavy atom. The largest absolute Gasteiger partial charge is 0.508 e. The number of aliphatic carboxylic acids is 1. The molecule has 0 unspecified atom stereocenters. The summed E-state index contributed by atoms with van der Waals surface area (Å²) in [4.78, 5) is 39.6. The van der Waals surface area contributed by atoms with E-state index in [9.17, 15) is 33.0 Å². The minimum Gasteiger partial charge on any atom is -0.508 e. The molecule has 1 amide bonds. The van der Waals surface area contributed by atoms with Crippen molar-refractivity contribution in [2.75, 3.05) is 47.0 Å². The van der Waals surface area contributed by atoms with E-state index in [1.165, 1.54) is 0 Å². The number of carboxylic acid groups (broad SMARTS) is 1. The van der Waals surface area contributed by atoms with Crippen LogP contribution in [0, 0.1) is 0 Å². The predicted octanol–water partition coefficient (Wildman–Crippen LogP) is 6.28. The molecule has 3 N–H and O–H groups in total. The van der Waals surface area contributed by atoms with E-state index < -0.39 is 24.3 Å². The van der Waals surface area contributed by atoms with Crippen LogP contribution in [-0.4, -0.2) is 102 Å². The molecule has 1 aliphatic rings. The van der Waals surface area contributed by atoms with Gasteiger partial charge in [-0.2, -0.15) is 13.2 Å². The number of alkyl halides is 3. The van der Waals surface area contributed by atoms with Gasteiger partial charge in [0.1, 0.15) is 29.1 Å². The molecule has 3 aromatic carbocycles. The van der Waals surface area contributed by atoms with Gasteiger partial charge in [-0.25, -0.2) is 4.79 Å². The van der Waals surface area contributed by atoms with Crippen molar-refractivity contribution in [3.63, 3.8) is 0 Å². The summed E-state index contributed by atoms with van der Waals surface area (Å²) in [6.07, 6.45) is -1.49. The molecule has 0 bridgehead atoms. The molecule has 0 saturated carbocycles. The molecule has 284 valence electrons. The van der Waals surface area contributed by atoms with Gasteiger partial charge in [-0.05, 0) is 111 Å². The summed E-state index contributed by atoms with van der Waals surface area (Å²) < 4.78 is 48.1. The highest BCUT2D eigenvalue weighted by Crippen LogP contribution is 2.27. The highest BCUT2D eigenvalue weighted by atomic mass is 19.4. The average molecular weight is 733 g/mol. The Morgan fingerprint density at radius 1 is 0.808 bits per heavy atom. The molecule has 0 radical (unpaired) electrons. The molecule has 4 rings (SSSR count). The quantitative estimate of drug-likeness (QED) is 0.101. The number of amides is 1. The Morgan fingerprint density at radius 3 is 1.87 bits per heavy atom. The fraction of sp³-hybridized carbons (Fsp3) is 0.447. The number of carbonyl (C=O) groups is 3. The Balaban J connectivity index is 0.000000944. The lowest BCUT2D eigenvalue weighted by Gasteiger charge is -2.37. The molecule has 1 saturated heterocycles. The number of hydrogen-bond acceptors (Lipinski definition) is 9. The number of methoxy groups -OCH3 is 2. The molecule has 2 atom stereocenters. The van der Waals surface area contributed by atoms with Gasteiger partial charge in [0.25, 0.3) is 0 Å². The third-order valence-corrected chi connectivity index (χ3v) is 8.53. The van der Waals surface area contributed by atoms with E-state index in [-0.39, 0.29) is 23.9 Å². The zero-order chi connectivity index (χ0) is 38.1. The summed E-state index contributed by atoms with van der Waals surface area (Å²) in [7, 11) is 3.20. The zero-order valence-corrected chi connectivity index (χ0v) is 29.4. The zero-order valence-electron chi connectivity index (χ0n) is 29.4. The van der Waals surface area contributed by atoms with Crippen molar-refractivity contribution in [2.24, 2.45) is 0 Å². The van der Waals surface area contributed by atoms with Crippen molar-refractivity contribution in [3.05, 3.63) is 83.9 Å². The summed E-state index contributed by atoms with van der Waals surface area (Å²) in [5.41, 5.74) is 1.28. The van der Waals surface area contributed by atoms with Gasteiger partial charge in [0.2, 0.25) is 5.91 Å². The first-order valence-electron chi connectivity index (χ1n) is 17.1. The van der Waals surface area contributed by atoms with Crippen molar-refractivity contribution in [1.82, 2.24) is 9.80 Å². The second kappa shape index (κ2) is 20.9. The van der Waals surface area contributed by atoms with Gasteiger partial charge in [0, 0.05) is 31.5 Å². The van der Waals surface area contributed by atoms with Crippen molar-refractivity contribution in [3.8, 4) is 23.0 Å². The Labute approximate surface area is 301 Å². The van der Waals surface area contributed by atoms with Crippen LogP contribution in [-0.2, 0) is 9.59 Å². The molecule has 1 heterocycles. The number of aliphatic hydroxyl groups is 1. The minimum atomic E-state index is -5.08. The molecule has 3 aromatic rings. The molecule has 0 aliphatic carbocycles. The first kappa shape index (κ1) is 41.6. The topological polar surface area (TPSA) is 146 Å². The standard InChI is InChI=1S/C36H46N2O7.C2HF3O2/c1-43-30-16-12-27(13-17-30)34(40)8-3-4-9-35(41)38(24-7-25-45-32-20-18-31(44-2)19-21-32)33(26-37-22-5-6-23-37)36(42)28-10-14-29(39)15-11-28;3-2(4,5)1(6)7/h10-21,33,36,39,42H,3-9,22-26H2,1-2H3;(H,6,7)/t33-,36-;/m1./s1. The van der Waals surface area contributed by atoms with E-state index >= 15 is 0 Å². The Bertz CT molecular complexity index is 1530. The number of rotatable bonds is 18. The van der Waals surface area contributed by atoms with Crippen molar-refractivity contribution < 1.29 is 57.1 Å². The molecular formula is C38H47F3N2O9. The maximum atomic E-state index is 13.9. The Hall–Kier alpha value is -4.82. The molecule has 52 heavy (non-hydrogen) atoms. The van der Waals surface area contributed by atoms with E-state index in [1.54, 1.807) is 67.7 Å². The van der Waals surface area contributed by atoms with Gasteiger partial charge >= 0.3 is 12.1 Å². The molecule has 14 heteroatoms. The average Bonchev–Trinajstić information content (AvgIpc) is 3.66. The fourth-order valence-corrected chi connectivity index (χ4v) is 5.69. The number of benzene rings is 3. The third-order valence-electron chi connectivity index (χ3n) is 8.53. The lowest BCUT2D eigenvalue weighted by atomic mass is 9.98. The van der Waals surface area contributed by atoms with Crippen LogP contribution in [0.5, 0.6) is 23.0 Å². The normalized spacial score (nSPS) is 14.0. The van der Waals surface area contributed by atoms with Crippen LogP contribution in [0.25, 0.3) is 0 Å². The number of ketones is 1. The SMILES string of the molecule is COc1ccc(OCCCN(C(=O)CCCCC(=O)c2ccc(OC)cc2)[C@H](CN2CCCC2)[C@H](O)c2ccc(O)cc2)cc1.O=C(O)C(F)(F)F.